The number of carboxylic acid groups (broad SMARTS) is 1. The molecule has 5 rings (SSSR count). The minimum Gasteiger partial charge on any atom is -0.481 e. The Labute approximate surface area is 208 Å². The zero-order valence-corrected chi connectivity index (χ0v) is 20.4. The number of piperidine rings is 1. The van der Waals surface area contributed by atoms with Crippen LogP contribution in [0.3, 0.4) is 0 Å². The van der Waals surface area contributed by atoms with Gasteiger partial charge in [-0.2, -0.15) is 0 Å². The van der Waals surface area contributed by atoms with Crippen molar-refractivity contribution in [3.8, 4) is 5.75 Å². The second-order valence-electron chi connectivity index (χ2n) is 10.1. The Morgan fingerprint density at radius 2 is 2.00 bits per heavy atom. The van der Waals surface area contributed by atoms with Gasteiger partial charge in [-0.1, -0.05) is 19.1 Å². The third kappa shape index (κ3) is 3.46. The van der Waals surface area contributed by atoms with Gasteiger partial charge in [0.1, 0.15) is 11.5 Å². The molecule has 2 heterocycles. The molecule has 1 spiro atoms. The highest BCUT2D eigenvalue weighted by atomic mass is 16.6. The first-order valence-electron chi connectivity index (χ1n) is 12.3. The first kappa shape index (κ1) is 24.7. The van der Waals surface area contributed by atoms with E-state index in [9.17, 15) is 24.6 Å². The van der Waals surface area contributed by atoms with Crippen LogP contribution in [0.1, 0.15) is 55.7 Å². The number of aliphatic hydroxyl groups is 2. The molecule has 0 radical (unpaired) electrons. The quantitative estimate of drug-likeness (QED) is 0.445. The fourth-order valence-electron chi connectivity index (χ4n) is 6.54. The SMILES string of the molecule is CC[C@@H](OC(=O)CCC(=O)OC1=CC[C@@]2(O)[C@H]3Cc4ccc(CO)c5c4C2(CCN3C)C1O5)C(=O)O. The van der Waals surface area contributed by atoms with Crippen LogP contribution < -0.4 is 4.74 Å². The zero-order valence-electron chi connectivity index (χ0n) is 20.4. The van der Waals surface area contributed by atoms with Gasteiger partial charge in [-0.3, -0.25) is 9.59 Å². The van der Waals surface area contributed by atoms with E-state index in [-0.39, 0.29) is 44.1 Å². The van der Waals surface area contributed by atoms with Gasteiger partial charge in [0.25, 0.3) is 0 Å². The van der Waals surface area contributed by atoms with Crippen molar-refractivity contribution >= 4 is 17.9 Å². The van der Waals surface area contributed by atoms with Gasteiger partial charge in [0.15, 0.2) is 12.2 Å². The molecule has 10 nitrogen and oxygen atoms in total. The summed E-state index contributed by atoms with van der Waals surface area (Å²) >= 11 is 0. The number of likely N-dealkylation sites (tertiary alicyclic amines) is 1. The standard InChI is InChI=1S/C26H31NO9/c1-3-16(24(31)32)34-19(29)6-7-20(30)35-17-8-9-26(33)18-12-14-4-5-15(13-28)22-21(14)25(26,23(17)36-22)10-11-27(18)2/h4-5,8,16,18,23,28,33H,3,6-7,9-13H2,1-2H3,(H,31,32)/t16-,18-,23?,25?,26-/m1/s1. The number of aliphatic hydroxyl groups excluding tert-OH is 1. The second kappa shape index (κ2) is 8.86. The van der Waals surface area contributed by atoms with Gasteiger partial charge in [-0.05, 0) is 44.5 Å². The molecule has 1 fully saturated rings. The molecule has 36 heavy (non-hydrogen) atoms. The number of benzene rings is 1. The Balaban J connectivity index is 1.39. The second-order valence-corrected chi connectivity index (χ2v) is 10.1. The average molecular weight is 502 g/mol. The van der Waals surface area contributed by atoms with Crippen molar-refractivity contribution < 1.29 is 43.9 Å². The van der Waals surface area contributed by atoms with E-state index in [2.05, 4.69) is 4.90 Å². The minimum absolute atomic E-state index is 0.122. The molecule has 2 unspecified atom stereocenters. The fraction of sp³-hybridized carbons (Fsp3) is 0.577. The maximum atomic E-state index is 12.7. The number of ether oxygens (including phenoxy) is 3. The van der Waals surface area contributed by atoms with Gasteiger partial charge < -0.3 is 34.4 Å². The topological polar surface area (TPSA) is 143 Å². The molecule has 0 amide bonds. The number of esters is 2. The lowest BCUT2D eigenvalue weighted by Gasteiger charge is -2.61. The van der Waals surface area contributed by atoms with E-state index in [0.29, 0.717) is 24.2 Å². The van der Waals surface area contributed by atoms with Crippen molar-refractivity contribution in [3.63, 3.8) is 0 Å². The maximum Gasteiger partial charge on any atom is 0.345 e. The molecule has 1 aromatic carbocycles. The van der Waals surface area contributed by atoms with Crippen molar-refractivity contribution in [1.82, 2.24) is 4.90 Å². The van der Waals surface area contributed by atoms with Crippen LogP contribution in [0.4, 0.5) is 0 Å². The number of carbonyl (C=O) groups excluding carboxylic acids is 2. The number of likely N-dealkylation sites (N-methyl/N-ethyl adjacent to an activating group) is 1. The predicted molar refractivity (Wildman–Crippen MR) is 124 cm³/mol. The van der Waals surface area contributed by atoms with Gasteiger partial charge in [0.2, 0.25) is 0 Å². The highest BCUT2D eigenvalue weighted by Crippen LogP contribution is 2.64. The molecule has 10 heteroatoms. The lowest BCUT2D eigenvalue weighted by molar-refractivity contribution is -0.170. The highest BCUT2D eigenvalue weighted by Gasteiger charge is 2.71. The van der Waals surface area contributed by atoms with Crippen molar-refractivity contribution in [2.24, 2.45) is 0 Å². The summed E-state index contributed by atoms with van der Waals surface area (Å²) in [7, 11) is 2.00. The summed E-state index contributed by atoms with van der Waals surface area (Å²) in [5.41, 5.74) is 0.621. The maximum absolute atomic E-state index is 12.7. The molecule has 2 bridgehead atoms. The van der Waals surface area contributed by atoms with Crippen LogP contribution in [0.25, 0.3) is 0 Å². The zero-order chi connectivity index (χ0) is 25.8. The van der Waals surface area contributed by atoms with Crippen LogP contribution >= 0.6 is 0 Å². The van der Waals surface area contributed by atoms with Crippen molar-refractivity contribution in [2.45, 2.75) is 81.3 Å². The van der Waals surface area contributed by atoms with Crippen molar-refractivity contribution in [1.29, 1.82) is 0 Å². The normalized spacial score (nSPS) is 30.5. The van der Waals surface area contributed by atoms with E-state index in [1.807, 2.05) is 19.2 Å². The minimum atomic E-state index is -1.25. The Morgan fingerprint density at radius 1 is 1.25 bits per heavy atom. The number of aliphatic carboxylic acids is 1. The number of rotatable bonds is 8. The first-order chi connectivity index (χ1) is 17.2. The molecule has 2 aliphatic heterocycles. The van der Waals surface area contributed by atoms with Gasteiger partial charge >= 0.3 is 17.9 Å². The molecule has 1 saturated heterocycles. The lowest BCUT2D eigenvalue weighted by Crippen LogP contribution is -2.74. The Kier molecular flexibility index (Phi) is 6.09. The van der Waals surface area contributed by atoms with Crippen LogP contribution in [-0.4, -0.2) is 75.6 Å². The largest absolute Gasteiger partial charge is 0.481 e. The van der Waals surface area contributed by atoms with Crippen LogP contribution in [0.15, 0.2) is 24.0 Å². The number of nitrogens with zero attached hydrogens (tertiary/aromatic N) is 1. The van der Waals surface area contributed by atoms with E-state index in [0.717, 1.165) is 17.7 Å². The molecule has 0 saturated carbocycles. The van der Waals surface area contributed by atoms with Crippen LogP contribution in [-0.2, 0) is 42.3 Å². The summed E-state index contributed by atoms with van der Waals surface area (Å²) in [6.45, 7) is 2.09. The summed E-state index contributed by atoms with van der Waals surface area (Å²) in [6, 6.07) is 3.68. The summed E-state index contributed by atoms with van der Waals surface area (Å²) in [4.78, 5) is 38.0. The van der Waals surface area contributed by atoms with Crippen LogP contribution in [0.5, 0.6) is 5.75 Å². The Hall–Kier alpha value is -2.95. The van der Waals surface area contributed by atoms with Crippen LogP contribution in [0.2, 0.25) is 0 Å². The van der Waals surface area contributed by atoms with E-state index in [1.165, 1.54) is 0 Å². The molecular formula is C26H31NO9. The fourth-order valence-corrected chi connectivity index (χ4v) is 6.54. The molecule has 194 valence electrons. The van der Waals surface area contributed by atoms with E-state index in [4.69, 9.17) is 19.3 Å². The van der Waals surface area contributed by atoms with Gasteiger partial charge in [0, 0.05) is 23.6 Å². The van der Waals surface area contributed by atoms with Gasteiger partial charge in [-0.15, -0.1) is 0 Å². The van der Waals surface area contributed by atoms with Gasteiger partial charge in [-0.25, -0.2) is 4.79 Å². The molecule has 5 atom stereocenters. The van der Waals surface area contributed by atoms with Gasteiger partial charge in [0.05, 0.1) is 30.5 Å². The summed E-state index contributed by atoms with van der Waals surface area (Å²) < 4.78 is 17.0. The number of hydrogen-bond donors (Lipinski definition) is 3. The number of carboxylic acids is 1. The molecule has 1 aromatic rings. The predicted octanol–water partition coefficient (Wildman–Crippen LogP) is 1.19. The summed E-state index contributed by atoms with van der Waals surface area (Å²) in [5, 5.41) is 31.1. The summed E-state index contributed by atoms with van der Waals surface area (Å²) in [6.07, 6.45) is 0.714. The van der Waals surface area contributed by atoms with E-state index >= 15 is 0 Å². The highest BCUT2D eigenvalue weighted by molar-refractivity contribution is 5.81. The van der Waals surface area contributed by atoms with E-state index in [1.54, 1.807) is 13.0 Å². The van der Waals surface area contributed by atoms with Crippen molar-refractivity contribution in [3.05, 3.63) is 40.7 Å². The molecule has 2 aliphatic carbocycles. The molecule has 3 N–H and O–H groups in total. The smallest absolute Gasteiger partial charge is 0.345 e. The molecule has 0 aromatic heterocycles. The Morgan fingerprint density at radius 3 is 2.69 bits per heavy atom. The van der Waals surface area contributed by atoms with E-state index < -0.39 is 41.1 Å². The number of hydrogen-bond acceptors (Lipinski definition) is 9. The average Bonchev–Trinajstić information content (AvgIpc) is 3.20. The van der Waals surface area contributed by atoms with Crippen molar-refractivity contribution in [2.75, 3.05) is 13.6 Å². The first-order valence-corrected chi connectivity index (χ1v) is 12.3. The lowest BCUT2D eigenvalue weighted by atomic mass is 9.50. The molecular weight excluding hydrogens is 470 g/mol. The monoisotopic (exact) mass is 501 g/mol. The Bertz CT molecular complexity index is 1150. The third-order valence-corrected chi connectivity index (χ3v) is 8.31. The number of carbonyl (C=O) groups is 3. The molecule has 4 aliphatic rings. The third-order valence-electron chi connectivity index (χ3n) is 8.31. The summed E-state index contributed by atoms with van der Waals surface area (Å²) in [5.74, 6) is -1.87. The van der Waals surface area contributed by atoms with Crippen LogP contribution in [0, 0.1) is 0 Å².